The van der Waals surface area contributed by atoms with E-state index in [1.807, 2.05) is 36.4 Å². The summed E-state index contributed by atoms with van der Waals surface area (Å²) in [5.41, 5.74) is 2.34. The molecule has 3 atom stereocenters. The molecule has 0 spiro atoms. The van der Waals surface area contributed by atoms with Crippen LogP contribution in [0.2, 0.25) is 0 Å². The highest BCUT2D eigenvalue weighted by molar-refractivity contribution is 8.04. The predicted octanol–water partition coefficient (Wildman–Crippen LogP) is 4.51. The average molecular weight is 411 g/mol. The normalized spacial score (nSPS) is 25.2. The summed E-state index contributed by atoms with van der Waals surface area (Å²) in [7, 11) is 0. The van der Waals surface area contributed by atoms with Crippen molar-refractivity contribution in [3.8, 4) is 0 Å². The lowest BCUT2D eigenvalue weighted by molar-refractivity contribution is -0.122. The van der Waals surface area contributed by atoms with E-state index in [0.29, 0.717) is 17.7 Å². The van der Waals surface area contributed by atoms with Crippen molar-refractivity contribution in [3.05, 3.63) is 70.4 Å². The van der Waals surface area contributed by atoms with Crippen molar-refractivity contribution in [2.24, 2.45) is 5.92 Å². The fraction of sp³-hybridized carbons (Fsp3) is 0.304. The number of hydrogen-bond donors (Lipinski definition) is 2. The second-order valence-corrected chi connectivity index (χ2v) is 8.90. The highest BCUT2D eigenvalue weighted by atomic mass is 32.2. The maximum absolute atomic E-state index is 13.3. The molecule has 0 bridgehead atoms. The van der Waals surface area contributed by atoms with Gasteiger partial charge < -0.3 is 10.6 Å². The Hall–Kier alpha value is -2.60. The molecule has 2 amide bonds. The maximum Gasteiger partial charge on any atom is 0.257 e. The van der Waals surface area contributed by atoms with E-state index in [2.05, 4.69) is 10.6 Å². The second-order valence-electron chi connectivity index (χ2n) is 7.61. The number of anilines is 1. The number of halogens is 1. The molecule has 1 saturated carbocycles. The van der Waals surface area contributed by atoms with Gasteiger partial charge in [0.1, 0.15) is 5.82 Å². The Bertz CT molecular complexity index is 961. The second kappa shape index (κ2) is 8.41. The number of amides is 2. The van der Waals surface area contributed by atoms with E-state index in [0.717, 1.165) is 23.3 Å². The summed E-state index contributed by atoms with van der Waals surface area (Å²) < 4.78 is 13.3. The van der Waals surface area contributed by atoms with Gasteiger partial charge in [-0.2, -0.15) is 0 Å². The molecule has 1 aliphatic heterocycles. The largest absolute Gasteiger partial charge is 0.348 e. The monoisotopic (exact) mass is 410 g/mol. The number of benzene rings is 2. The van der Waals surface area contributed by atoms with E-state index in [1.165, 1.54) is 12.1 Å². The smallest absolute Gasteiger partial charge is 0.257 e. The highest BCUT2D eigenvalue weighted by Crippen LogP contribution is 2.40. The van der Waals surface area contributed by atoms with Gasteiger partial charge in [-0.1, -0.05) is 30.3 Å². The van der Waals surface area contributed by atoms with Gasteiger partial charge in [-0.05, 0) is 61.6 Å². The van der Waals surface area contributed by atoms with Crippen LogP contribution in [0.5, 0.6) is 0 Å². The molecule has 6 heteroatoms. The molecule has 2 aliphatic rings. The molecule has 0 aromatic heterocycles. The third kappa shape index (κ3) is 4.53. The summed E-state index contributed by atoms with van der Waals surface area (Å²) in [6.45, 7) is 1.77. The van der Waals surface area contributed by atoms with E-state index in [1.54, 1.807) is 24.8 Å². The summed E-state index contributed by atoms with van der Waals surface area (Å²) in [4.78, 5) is 26.0. The first kappa shape index (κ1) is 19.7. The fourth-order valence-electron chi connectivity index (χ4n) is 3.93. The van der Waals surface area contributed by atoms with Crippen molar-refractivity contribution in [3.63, 3.8) is 0 Å². The lowest BCUT2D eigenvalue weighted by atomic mass is 9.84. The third-order valence-corrected chi connectivity index (χ3v) is 6.94. The zero-order chi connectivity index (χ0) is 20.4. The molecule has 150 valence electrons. The first-order valence-electron chi connectivity index (χ1n) is 9.81. The highest BCUT2D eigenvalue weighted by Gasteiger charge is 2.39. The fourth-order valence-corrected chi connectivity index (χ4v) is 5.23. The van der Waals surface area contributed by atoms with E-state index in [-0.39, 0.29) is 34.8 Å². The molecular formula is C23H23FN2O2S. The molecule has 29 heavy (non-hydrogen) atoms. The van der Waals surface area contributed by atoms with Crippen molar-refractivity contribution < 1.29 is 14.0 Å². The van der Waals surface area contributed by atoms with Crippen LogP contribution in [0.25, 0.3) is 6.08 Å². The number of hydrogen-bond acceptors (Lipinski definition) is 3. The van der Waals surface area contributed by atoms with Gasteiger partial charge in [-0.3, -0.25) is 9.59 Å². The van der Waals surface area contributed by atoms with Crippen LogP contribution >= 0.6 is 11.8 Å². The Kier molecular flexibility index (Phi) is 5.72. The van der Waals surface area contributed by atoms with Gasteiger partial charge in [0.15, 0.2) is 0 Å². The average Bonchev–Trinajstić information content (AvgIpc) is 2.71. The van der Waals surface area contributed by atoms with Crippen LogP contribution in [0, 0.1) is 18.7 Å². The number of carbonyl (C=O) groups is 2. The van der Waals surface area contributed by atoms with E-state index in [9.17, 15) is 14.0 Å². The summed E-state index contributed by atoms with van der Waals surface area (Å²) in [5.74, 6) is -0.623. The van der Waals surface area contributed by atoms with Crippen molar-refractivity contribution in [2.75, 3.05) is 5.32 Å². The molecule has 1 heterocycles. The Labute approximate surface area is 174 Å². The molecule has 2 aromatic rings. The van der Waals surface area contributed by atoms with Crippen LogP contribution in [-0.4, -0.2) is 23.1 Å². The topological polar surface area (TPSA) is 58.2 Å². The maximum atomic E-state index is 13.3. The Morgan fingerprint density at radius 2 is 2.00 bits per heavy atom. The molecule has 0 radical (unpaired) electrons. The summed E-state index contributed by atoms with van der Waals surface area (Å²) in [5, 5.41) is 6.29. The standard InChI is InChI=1S/C23H23FN2O2S/c1-14-11-17(24)8-9-18(14)25-22(27)16-7-10-20-19(13-16)26-23(28)21(29-20)12-15-5-3-2-4-6-15/h2-6,8-9,11-12,16,19-20H,7,10,13H2,1H3,(H,25,27)(H,26,28)/b21-12-. The Morgan fingerprint density at radius 1 is 1.21 bits per heavy atom. The molecule has 2 fully saturated rings. The molecule has 2 aromatic carbocycles. The van der Waals surface area contributed by atoms with Gasteiger partial charge >= 0.3 is 0 Å². The van der Waals surface area contributed by atoms with Gasteiger partial charge in [0.05, 0.1) is 4.91 Å². The molecule has 1 saturated heterocycles. The van der Waals surface area contributed by atoms with Crippen LogP contribution in [0.3, 0.4) is 0 Å². The summed E-state index contributed by atoms with van der Waals surface area (Å²) in [6, 6.07) is 14.1. The number of rotatable bonds is 3. The lowest BCUT2D eigenvalue weighted by Crippen LogP contribution is -2.51. The van der Waals surface area contributed by atoms with Gasteiger partial charge in [0.25, 0.3) is 5.91 Å². The van der Waals surface area contributed by atoms with Crippen LogP contribution in [0.1, 0.15) is 30.4 Å². The van der Waals surface area contributed by atoms with Gasteiger partial charge in [-0.25, -0.2) is 4.39 Å². The first-order valence-corrected chi connectivity index (χ1v) is 10.7. The quantitative estimate of drug-likeness (QED) is 0.732. The number of thioether (sulfide) groups is 1. The van der Waals surface area contributed by atoms with Crippen LogP contribution in [0.4, 0.5) is 10.1 Å². The van der Waals surface area contributed by atoms with E-state index < -0.39 is 0 Å². The van der Waals surface area contributed by atoms with Gasteiger partial charge in [-0.15, -0.1) is 11.8 Å². The van der Waals surface area contributed by atoms with Crippen LogP contribution < -0.4 is 10.6 Å². The minimum atomic E-state index is -0.317. The SMILES string of the molecule is Cc1cc(F)ccc1NC(=O)C1CCC2S/C(=C\c3ccccc3)C(=O)NC2C1. The predicted molar refractivity (Wildman–Crippen MR) is 115 cm³/mol. The van der Waals surface area contributed by atoms with Gasteiger partial charge in [0, 0.05) is 22.9 Å². The molecular weight excluding hydrogens is 387 g/mol. The zero-order valence-corrected chi connectivity index (χ0v) is 17.0. The molecule has 4 rings (SSSR count). The number of aryl methyl sites for hydroxylation is 1. The number of nitrogens with one attached hydrogen (secondary N) is 2. The van der Waals surface area contributed by atoms with Crippen molar-refractivity contribution in [1.29, 1.82) is 0 Å². The molecule has 4 nitrogen and oxygen atoms in total. The molecule has 1 aliphatic carbocycles. The summed E-state index contributed by atoms with van der Waals surface area (Å²) >= 11 is 1.62. The number of fused-ring (bicyclic) bond motifs is 1. The minimum absolute atomic E-state index is 0.0146. The first-order chi connectivity index (χ1) is 14.0. The molecule has 2 N–H and O–H groups in total. The molecule has 3 unspecified atom stereocenters. The van der Waals surface area contributed by atoms with E-state index in [4.69, 9.17) is 0 Å². The third-order valence-electron chi connectivity index (χ3n) is 5.52. The number of carbonyl (C=O) groups excluding carboxylic acids is 2. The Balaban J connectivity index is 1.40. The van der Waals surface area contributed by atoms with Gasteiger partial charge in [0.2, 0.25) is 5.91 Å². The summed E-state index contributed by atoms with van der Waals surface area (Å²) in [6.07, 6.45) is 4.18. The van der Waals surface area contributed by atoms with Crippen molar-refractivity contribution in [1.82, 2.24) is 5.32 Å². The van der Waals surface area contributed by atoms with Crippen LogP contribution in [-0.2, 0) is 9.59 Å². The minimum Gasteiger partial charge on any atom is -0.348 e. The van der Waals surface area contributed by atoms with E-state index >= 15 is 0 Å². The van der Waals surface area contributed by atoms with Crippen molar-refractivity contribution >= 4 is 35.3 Å². The lowest BCUT2D eigenvalue weighted by Gasteiger charge is -2.39. The van der Waals surface area contributed by atoms with Crippen LogP contribution in [0.15, 0.2) is 53.4 Å². The Morgan fingerprint density at radius 3 is 2.76 bits per heavy atom. The zero-order valence-electron chi connectivity index (χ0n) is 16.2. The van der Waals surface area contributed by atoms with Crippen molar-refractivity contribution in [2.45, 2.75) is 37.5 Å².